The van der Waals surface area contributed by atoms with Gasteiger partial charge < -0.3 is 0 Å². The van der Waals surface area contributed by atoms with E-state index in [9.17, 15) is 18.0 Å². The first kappa shape index (κ1) is 12.7. The Bertz CT molecular complexity index is 357. The average Bonchev–Trinajstić information content (AvgIpc) is 2.61. The maximum atomic E-state index is 12.3. The van der Waals surface area contributed by atoms with Gasteiger partial charge in [0.25, 0.3) is 0 Å². The topological polar surface area (TPSA) is 34.9 Å². The van der Waals surface area contributed by atoms with Crippen molar-refractivity contribution >= 4 is 6.29 Å². The summed E-state index contributed by atoms with van der Waals surface area (Å²) >= 11 is 0. The molecule has 1 heterocycles. The minimum Gasteiger partial charge on any atom is -0.296 e. The molecular weight excluding hydrogens is 221 g/mol. The van der Waals surface area contributed by atoms with Crippen LogP contribution >= 0.6 is 0 Å². The minimum absolute atomic E-state index is 0.0246. The molecule has 1 rings (SSSR count). The van der Waals surface area contributed by atoms with Gasteiger partial charge in [-0.3, -0.25) is 9.48 Å². The summed E-state index contributed by atoms with van der Waals surface area (Å²) in [7, 11) is 0. The van der Waals surface area contributed by atoms with E-state index in [1.54, 1.807) is 0 Å². The van der Waals surface area contributed by atoms with Crippen molar-refractivity contribution in [2.75, 3.05) is 0 Å². The summed E-state index contributed by atoms with van der Waals surface area (Å²) < 4.78 is 38.1. The lowest BCUT2D eigenvalue weighted by molar-refractivity contribution is -0.141. The molecule has 0 aliphatic heterocycles. The van der Waals surface area contributed by atoms with Gasteiger partial charge in [0.2, 0.25) is 0 Å². The van der Waals surface area contributed by atoms with E-state index < -0.39 is 11.9 Å². The maximum Gasteiger partial charge on any atom is 0.435 e. The highest BCUT2D eigenvalue weighted by Crippen LogP contribution is 2.28. The number of rotatable bonds is 5. The van der Waals surface area contributed by atoms with Gasteiger partial charge in [0, 0.05) is 6.54 Å². The Hall–Kier alpha value is -1.33. The van der Waals surface area contributed by atoms with Gasteiger partial charge in [0.15, 0.2) is 12.0 Å². The molecule has 3 nitrogen and oxygen atoms in total. The highest BCUT2D eigenvalue weighted by atomic mass is 19.4. The predicted octanol–water partition coefficient (Wildman–Crippen LogP) is 2.90. The van der Waals surface area contributed by atoms with Crippen molar-refractivity contribution in [3.05, 3.63) is 17.5 Å². The molecule has 0 spiro atoms. The number of carbonyl (C=O) groups is 1. The maximum absolute atomic E-state index is 12.3. The molecule has 0 saturated heterocycles. The molecule has 0 atom stereocenters. The number of aldehydes is 1. The van der Waals surface area contributed by atoms with Gasteiger partial charge in [-0.2, -0.15) is 18.3 Å². The van der Waals surface area contributed by atoms with E-state index in [4.69, 9.17) is 0 Å². The first-order valence-electron chi connectivity index (χ1n) is 5.09. The largest absolute Gasteiger partial charge is 0.435 e. The van der Waals surface area contributed by atoms with Crippen LogP contribution in [0.5, 0.6) is 0 Å². The van der Waals surface area contributed by atoms with E-state index in [-0.39, 0.29) is 5.69 Å². The van der Waals surface area contributed by atoms with Gasteiger partial charge in [-0.25, -0.2) is 0 Å². The van der Waals surface area contributed by atoms with Crippen molar-refractivity contribution in [1.82, 2.24) is 9.78 Å². The number of alkyl halides is 3. The second-order valence-electron chi connectivity index (χ2n) is 3.50. The van der Waals surface area contributed by atoms with Gasteiger partial charge >= 0.3 is 6.18 Å². The molecule has 6 heteroatoms. The normalized spacial score (nSPS) is 11.8. The van der Waals surface area contributed by atoms with Crippen molar-refractivity contribution < 1.29 is 18.0 Å². The monoisotopic (exact) mass is 234 g/mol. The van der Waals surface area contributed by atoms with E-state index in [2.05, 4.69) is 5.10 Å². The Balaban J connectivity index is 2.83. The summed E-state index contributed by atoms with van der Waals surface area (Å²) in [5.74, 6) is 0. The Morgan fingerprint density at radius 3 is 2.62 bits per heavy atom. The predicted molar refractivity (Wildman–Crippen MR) is 52.1 cm³/mol. The second kappa shape index (κ2) is 5.14. The standard InChI is InChI=1S/C10H13F3N2O/c1-2-3-4-5-15-8(7-16)6-9(14-15)10(11,12)13/h6-7H,2-5H2,1H3. The van der Waals surface area contributed by atoms with Crippen LogP contribution in [0.2, 0.25) is 0 Å². The number of halogens is 3. The summed E-state index contributed by atoms with van der Waals surface area (Å²) in [6.45, 7) is 2.34. The van der Waals surface area contributed by atoms with Crippen molar-refractivity contribution in [3.8, 4) is 0 Å². The fourth-order valence-electron chi connectivity index (χ4n) is 1.36. The lowest BCUT2D eigenvalue weighted by Crippen LogP contribution is -2.09. The molecule has 0 saturated carbocycles. The van der Waals surface area contributed by atoms with Crippen molar-refractivity contribution in [1.29, 1.82) is 0 Å². The van der Waals surface area contributed by atoms with Gasteiger partial charge in [-0.15, -0.1) is 0 Å². The fourth-order valence-corrected chi connectivity index (χ4v) is 1.36. The summed E-state index contributed by atoms with van der Waals surface area (Å²) in [5, 5.41) is 3.38. The molecule has 16 heavy (non-hydrogen) atoms. The van der Waals surface area contributed by atoms with E-state index in [1.807, 2.05) is 6.92 Å². The summed E-state index contributed by atoms with van der Waals surface area (Å²) in [6.07, 6.45) is -1.51. The zero-order valence-electron chi connectivity index (χ0n) is 8.92. The molecule has 0 aliphatic carbocycles. The average molecular weight is 234 g/mol. The Kier molecular flexibility index (Phi) is 4.09. The Morgan fingerprint density at radius 1 is 1.44 bits per heavy atom. The van der Waals surface area contributed by atoms with E-state index >= 15 is 0 Å². The van der Waals surface area contributed by atoms with E-state index in [0.29, 0.717) is 12.8 Å². The zero-order valence-corrected chi connectivity index (χ0v) is 8.92. The number of aryl methyl sites for hydroxylation is 1. The molecule has 0 radical (unpaired) electrons. The fraction of sp³-hybridized carbons (Fsp3) is 0.600. The Labute approximate surface area is 91.3 Å². The number of aromatic nitrogens is 2. The van der Waals surface area contributed by atoms with E-state index in [0.717, 1.165) is 30.0 Å². The van der Waals surface area contributed by atoms with Crippen LogP contribution in [0.3, 0.4) is 0 Å². The van der Waals surface area contributed by atoms with Gasteiger partial charge in [0.1, 0.15) is 5.69 Å². The number of nitrogens with zero attached hydrogens (tertiary/aromatic N) is 2. The second-order valence-corrected chi connectivity index (χ2v) is 3.50. The van der Waals surface area contributed by atoms with Crippen LogP contribution in [0.25, 0.3) is 0 Å². The molecule has 0 amide bonds. The Morgan fingerprint density at radius 2 is 2.12 bits per heavy atom. The minimum atomic E-state index is -4.49. The third-order valence-corrected chi connectivity index (χ3v) is 2.20. The van der Waals surface area contributed by atoms with Gasteiger partial charge in [0.05, 0.1) is 0 Å². The van der Waals surface area contributed by atoms with Crippen LogP contribution < -0.4 is 0 Å². The third-order valence-electron chi connectivity index (χ3n) is 2.20. The van der Waals surface area contributed by atoms with Crippen molar-refractivity contribution in [2.24, 2.45) is 0 Å². The molecule has 0 aromatic carbocycles. The zero-order chi connectivity index (χ0) is 12.2. The smallest absolute Gasteiger partial charge is 0.296 e. The first-order valence-corrected chi connectivity index (χ1v) is 5.09. The summed E-state index contributed by atoms with van der Waals surface area (Å²) in [4.78, 5) is 10.6. The molecule has 0 fully saturated rings. The van der Waals surface area contributed by atoms with Crippen LogP contribution in [0.4, 0.5) is 13.2 Å². The summed E-state index contributed by atoms with van der Waals surface area (Å²) in [6, 6.07) is 0.777. The molecule has 0 bridgehead atoms. The lowest BCUT2D eigenvalue weighted by atomic mass is 10.2. The number of hydrogen-bond acceptors (Lipinski definition) is 2. The molecule has 90 valence electrons. The molecule has 1 aromatic heterocycles. The molecular formula is C10H13F3N2O. The van der Waals surface area contributed by atoms with Gasteiger partial charge in [-0.1, -0.05) is 19.8 Å². The first-order chi connectivity index (χ1) is 7.49. The molecule has 1 aromatic rings. The quantitative estimate of drug-likeness (QED) is 0.580. The van der Waals surface area contributed by atoms with Crippen molar-refractivity contribution in [2.45, 2.75) is 38.9 Å². The highest BCUT2D eigenvalue weighted by Gasteiger charge is 2.34. The number of carbonyl (C=O) groups excluding carboxylic acids is 1. The van der Waals surface area contributed by atoms with Crippen LogP contribution in [0, 0.1) is 0 Å². The highest BCUT2D eigenvalue weighted by molar-refractivity contribution is 5.72. The van der Waals surface area contributed by atoms with Crippen molar-refractivity contribution in [3.63, 3.8) is 0 Å². The molecule has 0 unspecified atom stereocenters. The van der Waals surface area contributed by atoms with Gasteiger partial charge in [-0.05, 0) is 12.5 Å². The van der Waals surface area contributed by atoms with Crippen LogP contribution in [0.15, 0.2) is 6.07 Å². The summed E-state index contributed by atoms with van der Waals surface area (Å²) in [5.41, 5.74) is -1.03. The van der Waals surface area contributed by atoms with Crippen LogP contribution in [-0.2, 0) is 12.7 Å². The third kappa shape index (κ3) is 3.08. The lowest BCUT2D eigenvalue weighted by Gasteiger charge is -2.03. The molecule has 0 aliphatic rings. The van der Waals surface area contributed by atoms with E-state index in [1.165, 1.54) is 0 Å². The van der Waals surface area contributed by atoms with Crippen LogP contribution in [0.1, 0.15) is 42.4 Å². The SMILES string of the molecule is CCCCCn1nc(C(F)(F)F)cc1C=O. The number of unbranched alkanes of at least 4 members (excludes halogenated alkanes) is 2. The molecule has 0 N–H and O–H groups in total. The van der Waals surface area contributed by atoms with Crippen LogP contribution in [-0.4, -0.2) is 16.1 Å². The number of hydrogen-bond donors (Lipinski definition) is 0.